The second-order valence-electron chi connectivity index (χ2n) is 4.58. The number of carbonyl (C=O) groups is 1. The van der Waals surface area contributed by atoms with Gasteiger partial charge >= 0.3 is 6.03 Å². The highest BCUT2D eigenvalue weighted by Crippen LogP contribution is 2.11. The van der Waals surface area contributed by atoms with Crippen molar-refractivity contribution in [2.24, 2.45) is 0 Å². The lowest BCUT2D eigenvalue weighted by Crippen LogP contribution is -2.44. The molecule has 2 aromatic heterocycles. The summed E-state index contributed by atoms with van der Waals surface area (Å²) in [5, 5.41) is 7.03. The molecule has 2 amide bonds. The number of nitrogens with zero attached hydrogens (tertiary/aromatic N) is 5. The van der Waals surface area contributed by atoms with Gasteiger partial charge in [0, 0.05) is 42.9 Å². The first-order valence-electron chi connectivity index (χ1n) is 6.74. The first-order chi connectivity index (χ1) is 10.3. The van der Waals surface area contributed by atoms with E-state index < -0.39 is 0 Å². The molecule has 21 heavy (non-hydrogen) atoms. The molecule has 0 saturated carbocycles. The molecule has 1 saturated heterocycles. The molecule has 0 aliphatic carbocycles. The number of pyridine rings is 1. The van der Waals surface area contributed by atoms with Gasteiger partial charge in [-0.15, -0.1) is 0 Å². The number of urea groups is 1. The number of nitrogens with one attached hydrogen (secondary N) is 1. The van der Waals surface area contributed by atoms with Gasteiger partial charge in [-0.05, 0) is 6.07 Å². The summed E-state index contributed by atoms with van der Waals surface area (Å²) in [6.07, 6.45) is 4.75. The Kier molecular flexibility index (Phi) is 4.34. The van der Waals surface area contributed by atoms with E-state index in [2.05, 4.69) is 20.4 Å². The molecular formula is C13H16N6OS. The van der Waals surface area contributed by atoms with Crippen LogP contribution in [0.25, 0.3) is 5.82 Å². The van der Waals surface area contributed by atoms with Crippen molar-refractivity contribution in [2.45, 2.75) is 6.54 Å². The van der Waals surface area contributed by atoms with Crippen molar-refractivity contribution in [3.05, 3.63) is 36.5 Å². The average molecular weight is 304 g/mol. The van der Waals surface area contributed by atoms with Gasteiger partial charge in [-0.3, -0.25) is 0 Å². The second kappa shape index (κ2) is 6.57. The zero-order chi connectivity index (χ0) is 14.5. The minimum Gasteiger partial charge on any atom is -0.334 e. The van der Waals surface area contributed by atoms with Crippen LogP contribution in [0.3, 0.4) is 0 Å². The van der Waals surface area contributed by atoms with E-state index in [9.17, 15) is 4.79 Å². The Morgan fingerprint density at radius 1 is 1.38 bits per heavy atom. The third kappa shape index (κ3) is 3.33. The van der Waals surface area contributed by atoms with Gasteiger partial charge in [-0.25, -0.2) is 19.4 Å². The van der Waals surface area contributed by atoms with Crippen LogP contribution in [0.15, 0.2) is 31.0 Å². The maximum absolute atomic E-state index is 12.1. The fraction of sp³-hybridized carbons (Fsp3) is 0.385. The van der Waals surface area contributed by atoms with Crippen molar-refractivity contribution in [3.8, 4) is 5.82 Å². The minimum atomic E-state index is -0.0244. The molecule has 0 aromatic carbocycles. The van der Waals surface area contributed by atoms with Crippen LogP contribution in [0.4, 0.5) is 4.79 Å². The number of thioether (sulfide) groups is 1. The van der Waals surface area contributed by atoms with E-state index in [4.69, 9.17) is 0 Å². The van der Waals surface area contributed by atoms with Crippen LogP contribution in [0.1, 0.15) is 5.56 Å². The molecule has 2 aromatic rings. The molecule has 1 aliphatic heterocycles. The van der Waals surface area contributed by atoms with Crippen LogP contribution in [0, 0.1) is 0 Å². The van der Waals surface area contributed by atoms with Crippen molar-refractivity contribution in [1.29, 1.82) is 0 Å². The molecule has 3 rings (SSSR count). The van der Waals surface area contributed by atoms with E-state index in [1.165, 1.54) is 6.33 Å². The maximum atomic E-state index is 12.1. The summed E-state index contributed by atoms with van der Waals surface area (Å²) in [7, 11) is 0. The van der Waals surface area contributed by atoms with E-state index >= 15 is 0 Å². The molecule has 1 aliphatic rings. The largest absolute Gasteiger partial charge is 0.334 e. The van der Waals surface area contributed by atoms with E-state index in [1.54, 1.807) is 17.2 Å². The van der Waals surface area contributed by atoms with Gasteiger partial charge < -0.3 is 10.2 Å². The Hall–Kier alpha value is -2.09. The molecule has 1 N–H and O–H groups in total. The predicted octanol–water partition coefficient (Wildman–Crippen LogP) is 0.921. The zero-order valence-electron chi connectivity index (χ0n) is 11.5. The van der Waals surface area contributed by atoms with E-state index in [0.29, 0.717) is 12.4 Å². The van der Waals surface area contributed by atoms with Crippen LogP contribution in [-0.4, -0.2) is 55.3 Å². The van der Waals surface area contributed by atoms with Crippen molar-refractivity contribution < 1.29 is 4.79 Å². The quantitative estimate of drug-likeness (QED) is 0.912. The Balaban J connectivity index is 1.66. The molecule has 0 atom stereocenters. The topological polar surface area (TPSA) is 75.9 Å². The SMILES string of the molecule is O=C(NCc1cccnc1-n1cncn1)N1CCSCC1. The van der Waals surface area contributed by atoms with Crippen LogP contribution in [0.5, 0.6) is 0 Å². The van der Waals surface area contributed by atoms with Gasteiger partial charge in [0.05, 0.1) is 0 Å². The molecule has 0 bridgehead atoms. The molecule has 1 fully saturated rings. The van der Waals surface area contributed by atoms with E-state index in [1.807, 2.05) is 28.8 Å². The highest BCUT2D eigenvalue weighted by atomic mass is 32.2. The number of amides is 2. The first-order valence-corrected chi connectivity index (χ1v) is 7.89. The summed E-state index contributed by atoms with van der Waals surface area (Å²) >= 11 is 1.88. The number of hydrogen-bond acceptors (Lipinski definition) is 5. The summed E-state index contributed by atoms with van der Waals surface area (Å²) < 4.78 is 1.60. The van der Waals surface area contributed by atoms with Crippen molar-refractivity contribution in [1.82, 2.24) is 30.0 Å². The zero-order valence-corrected chi connectivity index (χ0v) is 12.3. The standard InChI is InChI=1S/C13H16N6OS/c20-13(18-4-6-21-7-5-18)16-8-11-2-1-3-15-12(11)19-10-14-9-17-19/h1-3,9-10H,4-8H2,(H,16,20). The Morgan fingerprint density at radius 2 is 2.24 bits per heavy atom. The molecular weight excluding hydrogens is 288 g/mol. The summed E-state index contributed by atoms with van der Waals surface area (Å²) in [6.45, 7) is 2.03. The van der Waals surface area contributed by atoms with Gasteiger partial charge in [0.2, 0.25) is 0 Å². The lowest BCUT2D eigenvalue weighted by molar-refractivity contribution is 0.202. The van der Waals surface area contributed by atoms with Crippen LogP contribution >= 0.6 is 11.8 Å². The minimum absolute atomic E-state index is 0.0244. The highest BCUT2D eigenvalue weighted by molar-refractivity contribution is 7.99. The maximum Gasteiger partial charge on any atom is 0.317 e. The van der Waals surface area contributed by atoms with Gasteiger partial charge in [0.25, 0.3) is 0 Å². The monoisotopic (exact) mass is 304 g/mol. The molecule has 110 valence electrons. The molecule has 3 heterocycles. The van der Waals surface area contributed by atoms with E-state index in [0.717, 1.165) is 30.2 Å². The van der Waals surface area contributed by atoms with Crippen LogP contribution < -0.4 is 5.32 Å². The predicted molar refractivity (Wildman–Crippen MR) is 80.3 cm³/mol. The Bertz CT molecular complexity index is 596. The van der Waals surface area contributed by atoms with Crippen LogP contribution in [-0.2, 0) is 6.54 Å². The van der Waals surface area contributed by atoms with Crippen LogP contribution in [0.2, 0.25) is 0 Å². The number of carbonyl (C=O) groups excluding carboxylic acids is 1. The number of rotatable bonds is 3. The summed E-state index contributed by atoms with van der Waals surface area (Å²) in [6, 6.07) is 3.75. The van der Waals surface area contributed by atoms with Gasteiger partial charge in [-0.1, -0.05) is 6.07 Å². The molecule has 7 nitrogen and oxygen atoms in total. The van der Waals surface area contributed by atoms with Crippen molar-refractivity contribution in [3.63, 3.8) is 0 Å². The highest BCUT2D eigenvalue weighted by Gasteiger charge is 2.16. The summed E-state index contributed by atoms with van der Waals surface area (Å²) in [5.74, 6) is 2.69. The van der Waals surface area contributed by atoms with E-state index in [-0.39, 0.29) is 6.03 Å². The van der Waals surface area contributed by atoms with Gasteiger partial charge in [0.15, 0.2) is 5.82 Å². The number of hydrogen-bond donors (Lipinski definition) is 1. The normalized spacial score (nSPS) is 15.0. The van der Waals surface area contributed by atoms with Crippen molar-refractivity contribution >= 4 is 17.8 Å². The third-order valence-corrected chi connectivity index (χ3v) is 4.17. The van der Waals surface area contributed by atoms with Gasteiger partial charge in [-0.2, -0.15) is 16.9 Å². The molecule has 0 radical (unpaired) electrons. The fourth-order valence-electron chi connectivity index (χ4n) is 2.14. The molecule has 8 heteroatoms. The third-order valence-electron chi connectivity index (χ3n) is 3.23. The summed E-state index contributed by atoms with van der Waals surface area (Å²) in [5.41, 5.74) is 0.905. The average Bonchev–Trinajstić information content (AvgIpc) is 3.08. The molecule has 0 spiro atoms. The molecule has 0 unspecified atom stereocenters. The first kappa shape index (κ1) is 13.9. The second-order valence-corrected chi connectivity index (χ2v) is 5.81. The Labute approximate surface area is 126 Å². The number of aromatic nitrogens is 4. The van der Waals surface area contributed by atoms with Crippen molar-refractivity contribution in [2.75, 3.05) is 24.6 Å². The summed E-state index contributed by atoms with van der Waals surface area (Å²) in [4.78, 5) is 22.2. The lowest BCUT2D eigenvalue weighted by Gasteiger charge is -2.26. The lowest BCUT2D eigenvalue weighted by atomic mass is 10.2. The Morgan fingerprint density at radius 3 is 3.00 bits per heavy atom. The smallest absolute Gasteiger partial charge is 0.317 e. The van der Waals surface area contributed by atoms with Gasteiger partial charge in [0.1, 0.15) is 12.7 Å². The fourth-order valence-corrected chi connectivity index (χ4v) is 3.04.